The Kier molecular flexibility index (Phi) is 4.27. The normalized spacial score (nSPS) is 13.0. The Balaban J connectivity index is 1.71. The number of nitrogens with one attached hydrogen (secondary N) is 3. The largest absolute Gasteiger partial charge is 0.481 e. The fourth-order valence-electron chi connectivity index (χ4n) is 2.54. The van der Waals surface area contributed by atoms with Crippen LogP contribution in [-0.2, 0) is 11.2 Å². The number of amides is 1. The van der Waals surface area contributed by atoms with Crippen LogP contribution >= 0.6 is 0 Å². The van der Waals surface area contributed by atoms with Gasteiger partial charge in [-0.2, -0.15) is 0 Å². The van der Waals surface area contributed by atoms with Gasteiger partial charge in [0.25, 0.3) is 5.91 Å². The lowest BCUT2D eigenvalue weighted by Crippen LogP contribution is -2.26. The first-order valence-corrected chi connectivity index (χ1v) is 7.56. The van der Waals surface area contributed by atoms with Gasteiger partial charge in [0, 0.05) is 24.8 Å². The summed E-state index contributed by atoms with van der Waals surface area (Å²) < 4.78 is 0. The summed E-state index contributed by atoms with van der Waals surface area (Å²) >= 11 is 0. The van der Waals surface area contributed by atoms with Crippen molar-refractivity contribution in [1.82, 2.24) is 15.3 Å². The van der Waals surface area contributed by atoms with Crippen molar-refractivity contribution < 1.29 is 14.7 Å². The van der Waals surface area contributed by atoms with Gasteiger partial charge in [-0.3, -0.25) is 9.59 Å². The molecule has 7 heteroatoms. The van der Waals surface area contributed by atoms with Gasteiger partial charge in [-0.1, -0.05) is 6.07 Å². The highest BCUT2D eigenvalue weighted by molar-refractivity contribution is 5.94. The van der Waals surface area contributed by atoms with E-state index in [9.17, 15) is 9.59 Å². The van der Waals surface area contributed by atoms with E-state index in [-0.39, 0.29) is 18.9 Å². The Morgan fingerprint density at radius 1 is 1.35 bits per heavy atom. The average molecular weight is 314 g/mol. The molecule has 120 valence electrons. The van der Waals surface area contributed by atoms with Gasteiger partial charge in [0.15, 0.2) is 0 Å². The monoisotopic (exact) mass is 314 g/mol. The van der Waals surface area contributed by atoms with Crippen LogP contribution in [0.25, 0.3) is 11.3 Å². The van der Waals surface area contributed by atoms with E-state index in [0.717, 1.165) is 36.5 Å². The zero-order valence-electron chi connectivity index (χ0n) is 12.6. The van der Waals surface area contributed by atoms with Crippen molar-refractivity contribution in [2.24, 2.45) is 0 Å². The summed E-state index contributed by atoms with van der Waals surface area (Å²) in [5, 5.41) is 14.4. The van der Waals surface area contributed by atoms with Gasteiger partial charge in [0.2, 0.25) is 0 Å². The van der Waals surface area contributed by atoms with Crippen LogP contribution in [0.2, 0.25) is 0 Å². The quantitative estimate of drug-likeness (QED) is 0.671. The number of aromatic nitrogens is 2. The minimum absolute atomic E-state index is 0.0998. The molecule has 0 fully saturated rings. The van der Waals surface area contributed by atoms with Gasteiger partial charge in [0.1, 0.15) is 11.5 Å². The van der Waals surface area contributed by atoms with E-state index in [1.54, 1.807) is 12.3 Å². The molecular formula is C16H18N4O3. The van der Waals surface area contributed by atoms with Gasteiger partial charge < -0.3 is 20.7 Å². The van der Waals surface area contributed by atoms with Crippen molar-refractivity contribution in [3.05, 3.63) is 35.7 Å². The SMILES string of the molecule is O=C(O)CCNC(=O)c1cc(-c2ccc3c(n2)NCCC3)c[nH]1. The number of carbonyl (C=O) groups excluding carboxylic acids is 1. The van der Waals surface area contributed by atoms with Crippen LogP contribution in [0.3, 0.4) is 0 Å². The van der Waals surface area contributed by atoms with Crippen LogP contribution in [0.15, 0.2) is 24.4 Å². The van der Waals surface area contributed by atoms with Gasteiger partial charge in [0.05, 0.1) is 12.1 Å². The van der Waals surface area contributed by atoms with Crippen molar-refractivity contribution in [2.75, 3.05) is 18.4 Å². The Morgan fingerprint density at radius 2 is 2.22 bits per heavy atom. The summed E-state index contributed by atoms with van der Waals surface area (Å²) in [6.45, 7) is 1.03. The van der Waals surface area contributed by atoms with Crippen LogP contribution in [-0.4, -0.2) is 40.0 Å². The minimum Gasteiger partial charge on any atom is -0.481 e. The number of aliphatic carboxylic acids is 1. The average Bonchev–Trinajstić information content (AvgIpc) is 3.04. The molecule has 7 nitrogen and oxygen atoms in total. The van der Waals surface area contributed by atoms with Crippen molar-refractivity contribution >= 4 is 17.7 Å². The molecule has 1 aliphatic rings. The summed E-state index contributed by atoms with van der Waals surface area (Å²) in [4.78, 5) is 29.9. The number of H-pyrrole nitrogens is 1. The lowest BCUT2D eigenvalue weighted by molar-refractivity contribution is -0.136. The summed E-state index contributed by atoms with van der Waals surface area (Å²) in [5.74, 6) is -0.362. The predicted molar refractivity (Wildman–Crippen MR) is 85.4 cm³/mol. The third-order valence-electron chi connectivity index (χ3n) is 3.74. The van der Waals surface area contributed by atoms with Crippen molar-refractivity contribution in [3.8, 4) is 11.3 Å². The number of aryl methyl sites for hydroxylation is 1. The van der Waals surface area contributed by atoms with E-state index in [0.29, 0.717) is 5.69 Å². The first kappa shape index (κ1) is 15.1. The van der Waals surface area contributed by atoms with E-state index in [1.807, 2.05) is 6.07 Å². The van der Waals surface area contributed by atoms with Gasteiger partial charge >= 0.3 is 5.97 Å². The number of fused-ring (bicyclic) bond motifs is 1. The molecule has 3 rings (SSSR count). The number of anilines is 1. The maximum Gasteiger partial charge on any atom is 0.305 e. The molecule has 23 heavy (non-hydrogen) atoms. The summed E-state index contributed by atoms with van der Waals surface area (Å²) in [7, 11) is 0. The molecule has 0 spiro atoms. The molecule has 0 bridgehead atoms. The molecule has 0 unspecified atom stereocenters. The van der Waals surface area contributed by atoms with Gasteiger partial charge in [-0.05, 0) is 30.5 Å². The van der Waals surface area contributed by atoms with Crippen molar-refractivity contribution in [3.63, 3.8) is 0 Å². The molecule has 3 heterocycles. The number of pyridine rings is 1. The van der Waals surface area contributed by atoms with Crippen LogP contribution in [0.1, 0.15) is 28.9 Å². The molecule has 0 atom stereocenters. The Bertz CT molecular complexity index is 739. The minimum atomic E-state index is -0.941. The Hall–Kier alpha value is -2.83. The lowest BCUT2D eigenvalue weighted by atomic mass is 10.1. The van der Waals surface area contributed by atoms with Crippen LogP contribution in [0, 0.1) is 0 Å². The van der Waals surface area contributed by atoms with Crippen molar-refractivity contribution in [2.45, 2.75) is 19.3 Å². The number of aromatic amines is 1. The first-order valence-electron chi connectivity index (χ1n) is 7.56. The standard InChI is InChI=1S/C16H18N4O3/c21-14(22)5-7-18-16(23)13-8-11(9-19-13)12-4-3-10-2-1-6-17-15(10)20-12/h3-4,8-9,19H,1-2,5-7H2,(H,17,20)(H,18,23)(H,21,22). The number of hydrogen-bond donors (Lipinski definition) is 4. The number of carboxylic acids is 1. The molecule has 1 amide bonds. The van der Waals surface area contributed by atoms with E-state index in [4.69, 9.17) is 5.11 Å². The third kappa shape index (κ3) is 3.50. The second-order valence-corrected chi connectivity index (χ2v) is 5.44. The Labute approximate surface area is 133 Å². The lowest BCUT2D eigenvalue weighted by Gasteiger charge is -2.17. The summed E-state index contributed by atoms with van der Waals surface area (Å²) in [6, 6.07) is 5.72. The summed E-state index contributed by atoms with van der Waals surface area (Å²) in [5.41, 5.74) is 3.21. The topological polar surface area (TPSA) is 107 Å². The molecule has 0 saturated heterocycles. The zero-order valence-corrected chi connectivity index (χ0v) is 12.6. The maximum absolute atomic E-state index is 11.9. The fraction of sp³-hybridized carbons (Fsp3) is 0.312. The summed E-state index contributed by atoms with van der Waals surface area (Å²) in [6.07, 6.45) is 3.76. The highest BCUT2D eigenvalue weighted by Gasteiger charge is 2.14. The zero-order chi connectivity index (χ0) is 16.2. The maximum atomic E-state index is 11.9. The number of carbonyl (C=O) groups is 2. The van der Waals surface area contributed by atoms with Crippen LogP contribution in [0.5, 0.6) is 0 Å². The molecule has 0 saturated carbocycles. The van der Waals surface area contributed by atoms with E-state index in [1.165, 1.54) is 5.56 Å². The molecule has 2 aromatic rings. The van der Waals surface area contributed by atoms with Crippen LogP contribution < -0.4 is 10.6 Å². The van der Waals surface area contributed by atoms with Gasteiger partial charge in [-0.25, -0.2) is 4.98 Å². The van der Waals surface area contributed by atoms with Crippen molar-refractivity contribution in [1.29, 1.82) is 0 Å². The second kappa shape index (κ2) is 6.51. The second-order valence-electron chi connectivity index (χ2n) is 5.44. The molecule has 0 aliphatic carbocycles. The van der Waals surface area contributed by atoms with Gasteiger partial charge in [-0.15, -0.1) is 0 Å². The Morgan fingerprint density at radius 3 is 3.04 bits per heavy atom. The van der Waals surface area contributed by atoms with E-state index < -0.39 is 5.97 Å². The molecule has 4 N–H and O–H groups in total. The molecule has 0 radical (unpaired) electrons. The fourth-order valence-corrected chi connectivity index (χ4v) is 2.54. The number of carboxylic acid groups (broad SMARTS) is 1. The third-order valence-corrected chi connectivity index (χ3v) is 3.74. The smallest absolute Gasteiger partial charge is 0.305 e. The number of rotatable bonds is 5. The highest BCUT2D eigenvalue weighted by Crippen LogP contribution is 2.25. The number of nitrogens with zero attached hydrogens (tertiary/aromatic N) is 1. The molecule has 0 aromatic carbocycles. The van der Waals surface area contributed by atoms with E-state index >= 15 is 0 Å². The molecule has 1 aliphatic heterocycles. The highest BCUT2D eigenvalue weighted by atomic mass is 16.4. The first-order chi connectivity index (χ1) is 11.1. The molecular weight excluding hydrogens is 296 g/mol. The van der Waals surface area contributed by atoms with Crippen LogP contribution in [0.4, 0.5) is 5.82 Å². The predicted octanol–water partition coefficient (Wildman–Crippen LogP) is 1.64. The van der Waals surface area contributed by atoms with E-state index in [2.05, 4.69) is 26.7 Å². The molecule has 2 aromatic heterocycles. The number of hydrogen-bond acceptors (Lipinski definition) is 4.